The zero-order chi connectivity index (χ0) is 8.69. The molecule has 0 radical (unpaired) electrons. The fourth-order valence-electron chi connectivity index (χ4n) is 0.618. The molecule has 0 aromatic heterocycles. The summed E-state index contributed by atoms with van der Waals surface area (Å²) in [6, 6.07) is 9.23. The Morgan fingerprint density at radius 3 is 2.00 bits per heavy atom. The van der Waals surface area contributed by atoms with E-state index in [0.29, 0.717) is 0 Å². The van der Waals surface area contributed by atoms with E-state index in [1.807, 2.05) is 36.2 Å². The summed E-state index contributed by atoms with van der Waals surface area (Å²) in [5.74, 6) is 1.93. The van der Waals surface area contributed by atoms with Crippen molar-refractivity contribution in [3.05, 3.63) is 35.9 Å². The van der Waals surface area contributed by atoms with Gasteiger partial charge >= 0.3 is 0 Å². The first kappa shape index (κ1) is 10.2. The van der Waals surface area contributed by atoms with Crippen LogP contribution in [0.1, 0.15) is 5.56 Å². The van der Waals surface area contributed by atoms with Crippen LogP contribution >= 0.6 is 15.9 Å². The minimum absolute atomic E-state index is 0.121. The van der Waals surface area contributed by atoms with Crippen LogP contribution in [0.2, 0.25) is 0 Å². The maximum Gasteiger partial charge on any atom is 0.122 e. The van der Waals surface area contributed by atoms with Gasteiger partial charge in [-0.3, -0.25) is 5.41 Å². The highest BCUT2D eigenvalue weighted by Gasteiger charge is 1.89. The van der Waals surface area contributed by atoms with Crippen LogP contribution in [0.25, 0.3) is 0 Å². The number of hydrogen-bond acceptors (Lipinski definition) is 1. The van der Waals surface area contributed by atoms with E-state index in [4.69, 9.17) is 11.1 Å². The smallest absolute Gasteiger partial charge is 0.122 e. The Morgan fingerprint density at radius 1 is 1.27 bits per heavy atom. The van der Waals surface area contributed by atoms with Crippen molar-refractivity contribution in [1.82, 2.24) is 0 Å². The molecule has 1 aromatic rings. The molecule has 0 spiro atoms. The van der Waals surface area contributed by atoms with Gasteiger partial charge in [0, 0.05) is 5.56 Å². The minimum Gasteiger partial charge on any atom is -0.384 e. The Labute approximate surface area is 75.1 Å². The van der Waals surface area contributed by atoms with Crippen LogP contribution < -0.4 is 5.73 Å². The second kappa shape index (κ2) is 5.92. The third-order valence-electron chi connectivity index (χ3n) is 1.08. The molecule has 2 nitrogen and oxygen atoms in total. The molecule has 0 atom stereocenters. The van der Waals surface area contributed by atoms with Crippen molar-refractivity contribution in [1.29, 1.82) is 5.41 Å². The summed E-state index contributed by atoms with van der Waals surface area (Å²) in [5, 5.41) is 7.01. The number of halogens is 1. The molecule has 0 unspecified atom stereocenters. The molecule has 11 heavy (non-hydrogen) atoms. The molecule has 0 fully saturated rings. The Hall–Kier alpha value is -0.830. The van der Waals surface area contributed by atoms with Gasteiger partial charge in [0.1, 0.15) is 5.84 Å². The zero-order valence-electron chi connectivity index (χ0n) is 6.34. The van der Waals surface area contributed by atoms with E-state index in [0.717, 1.165) is 5.56 Å². The molecule has 1 rings (SSSR count). The zero-order valence-corrected chi connectivity index (χ0v) is 7.93. The van der Waals surface area contributed by atoms with Gasteiger partial charge in [-0.2, -0.15) is 0 Å². The number of nitrogen functional groups attached to an aromatic ring is 1. The molecule has 0 heterocycles. The first-order valence-corrected chi connectivity index (χ1v) is 4.66. The molecule has 0 bridgehead atoms. The number of hydrogen-bond donors (Lipinski definition) is 2. The van der Waals surface area contributed by atoms with Gasteiger partial charge in [0.2, 0.25) is 0 Å². The summed E-state index contributed by atoms with van der Waals surface area (Å²) in [4.78, 5) is 0. The van der Waals surface area contributed by atoms with Gasteiger partial charge in [-0.25, -0.2) is 0 Å². The number of amidine groups is 1. The fourth-order valence-corrected chi connectivity index (χ4v) is 0.618. The molecule has 0 amide bonds. The number of alkyl halides is 1. The predicted molar refractivity (Wildman–Crippen MR) is 52.3 cm³/mol. The van der Waals surface area contributed by atoms with E-state index in [2.05, 4.69) is 15.9 Å². The average Bonchev–Trinajstić information content (AvgIpc) is 2.10. The summed E-state index contributed by atoms with van der Waals surface area (Å²) < 4.78 is 0. The summed E-state index contributed by atoms with van der Waals surface area (Å²) in [6.45, 7) is 0. The third kappa shape index (κ3) is 3.78. The molecule has 0 saturated heterocycles. The summed E-state index contributed by atoms with van der Waals surface area (Å²) in [7, 11) is 0. The second-order valence-electron chi connectivity index (χ2n) is 1.78. The van der Waals surface area contributed by atoms with Crippen LogP contribution in [0.15, 0.2) is 30.3 Å². The van der Waals surface area contributed by atoms with Crippen molar-refractivity contribution in [3.8, 4) is 0 Å². The molecular weight excluding hydrogens is 204 g/mol. The Morgan fingerprint density at radius 2 is 1.73 bits per heavy atom. The van der Waals surface area contributed by atoms with Gasteiger partial charge < -0.3 is 5.73 Å². The fraction of sp³-hybridized carbons (Fsp3) is 0.125. The highest BCUT2D eigenvalue weighted by Crippen LogP contribution is 1.94. The quantitative estimate of drug-likeness (QED) is 0.420. The van der Waals surface area contributed by atoms with Gasteiger partial charge in [-0.1, -0.05) is 46.3 Å². The predicted octanol–water partition coefficient (Wildman–Crippen LogP) is 1.98. The normalized spacial score (nSPS) is 7.82. The van der Waals surface area contributed by atoms with Crippen LogP contribution in [0.3, 0.4) is 0 Å². The van der Waals surface area contributed by atoms with E-state index in [9.17, 15) is 0 Å². The Kier molecular flexibility index (Phi) is 5.47. The first-order valence-electron chi connectivity index (χ1n) is 3.08. The Bertz CT molecular complexity index is 209. The van der Waals surface area contributed by atoms with Crippen LogP contribution in [0.5, 0.6) is 0 Å². The standard InChI is InChI=1S/C7H8N2.CH3Br/c8-7(9)6-4-2-1-3-5-6;1-2/h1-5H,(H3,8,9);1H3. The summed E-state index contributed by atoms with van der Waals surface area (Å²) in [5.41, 5.74) is 5.97. The molecule has 1 aromatic carbocycles. The topological polar surface area (TPSA) is 49.9 Å². The molecule has 0 aliphatic rings. The van der Waals surface area contributed by atoms with Crippen molar-refractivity contribution in [3.63, 3.8) is 0 Å². The van der Waals surface area contributed by atoms with Crippen LogP contribution in [0.4, 0.5) is 0 Å². The van der Waals surface area contributed by atoms with Gasteiger partial charge in [0.25, 0.3) is 0 Å². The maximum absolute atomic E-state index is 7.01. The lowest BCUT2D eigenvalue weighted by Crippen LogP contribution is -2.10. The number of rotatable bonds is 1. The van der Waals surface area contributed by atoms with E-state index in [1.54, 1.807) is 0 Å². The van der Waals surface area contributed by atoms with Gasteiger partial charge in [-0.15, -0.1) is 0 Å². The molecule has 0 aliphatic carbocycles. The number of nitrogens with one attached hydrogen (secondary N) is 1. The van der Waals surface area contributed by atoms with Crippen molar-refractivity contribution in [2.24, 2.45) is 5.73 Å². The van der Waals surface area contributed by atoms with Gasteiger partial charge in [-0.05, 0) is 5.83 Å². The van der Waals surface area contributed by atoms with E-state index >= 15 is 0 Å². The van der Waals surface area contributed by atoms with E-state index in [-0.39, 0.29) is 5.84 Å². The van der Waals surface area contributed by atoms with Crippen molar-refractivity contribution in [2.45, 2.75) is 0 Å². The monoisotopic (exact) mass is 214 g/mol. The summed E-state index contributed by atoms with van der Waals surface area (Å²) in [6.07, 6.45) is 0. The van der Waals surface area contributed by atoms with Gasteiger partial charge in [0.15, 0.2) is 0 Å². The highest BCUT2D eigenvalue weighted by molar-refractivity contribution is 9.08. The lowest BCUT2D eigenvalue weighted by molar-refractivity contribution is 1.42. The number of benzene rings is 1. The molecule has 3 N–H and O–H groups in total. The molecular formula is C8H11BrN2. The lowest BCUT2D eigenvalue weighted by Gasteiger charge is -1.93. The first-order chi connectivity index (χ1) is 5.30. The molecule has 3 heteroatoms. The lowest BCUT2D eigenvalue weighted by atomic mass is 10.2. The minimum atomic E-state index is 0.121. The summed E-state index contributed by atoms with van der Waals surface area (Å²) >= 11 is 2.94. The number of nitrogens with two attached hydrogens (primary N) is 1. The highest BCUT2D eigenvalue weighted by atomic mass is 79.9. The van der Waals surface area contributed by atoms with Crippen molar-refractivity contribution >= 4 is 21.8 Å². The molecule has 0 aliphatic heterocycles. The van der Waals surface area contributed by atoms with Crippen molar-refractivity contribution in [2.75, 3.05) is 5.83 Å². The van der Waals surface area contributed by atoms with Crippen LogP contribution in [-0.4, -0.2) is 11.7 Å². The van der Waals surface area contributed by atoms with Gasteiger partial charge in [0.05, 0.1) is 0 Å². The SMILES string of the molecule is CBr.N=C(N)c1ccccc1. The third-order valence-corrected chi connectivity index (χ3v) is 1.08. The maximum atomic E-state index is 7.01. The largest absolute Gasteiger partial charge is 0.384 e. The van der Waals surface area contributed by atoms with Crippen molar-refractivity contribution < 1.29 is 0 Å². The molecule has 60 valence electrons. The van der Waals surface area contributed by atoms with Crippen LogP contribution in [0, 0.1) is 5.41 Å². The average molecular weight is 215 g/mol. The molecule has 0 saturated carbocycles. The Balaban J connectivity index is 0.000000461. The van der Waals surface area contributed by atoms with Crippen LogP contribution in [-0.2, 0) is 0 Å². The second-order valence-corrected chi connectivity index (χ2v) is 1.78. The van der Waals surface area contributed by atoms with E-state index < -0.39 is 0 Å². The van der Waals surface area contributed by atoms with E-state index in [1.165, 1.54) is 0 Å².